The molecule has 1 fully saturated rings. The Balaban J connectivity index is 2.14. The predicted molar refractivity (Wildman–Crippen MR) is 79.7 cm³/mol. The molecule has 1 aromatic carbocycles. The Morgan fingerprint density at radius 3 is 2.60 bits per heavy atom. The third-order valence-corrected chi connectivity index (χ3v) is 4.20. The van der Waals surface area contributed by atoms with Gasteiger partial charge in [-0.3, -0.25) is 14.6 Å². The standard InChI is InChI=1S/C16H24N2O2/c1-3-17-9-10-18(12-13(17)2)15(11-16(19)20)14-7-5-4-6-8-14/h4-8,13,15H,3,9-12H2,1-2H3,(H,19,20). The molecule has 1 N–H and O–H groups in total. The Kier molecular flexibility index (Phi) is 5.15. The van der Waals surface area contributed by atoms with E-state index in [9.17, 15) is 9.90 Å². The minimum absolute atomic E-state index is 0.0184. The number of nitrogens with zero attached hydrogens (tertiary/aromatic N) is 2. The summed E-state index contributed by atoms with van der Waals surface area (Å²) in [5.74, 6) is -0.732. The Morgan fingerprint density at radius 2 is 2.05 bits per heavy atom. The molecule has 110 valence electrons. The number of hydrogen-bond acceptors (Lipinski definition) is 3. The van der Waals surface area contributed by atoms with Crippen molar-refractivity contribution in [3.63, 3.8) is 0 Å². The van der Waals surface area contributed by atoms with E-state index in [1.807, 2.05) is 30.3 Å². The first-order valence-electron chi connectivity index (χ1n) is 7.36. The lowest BCUT2D eigenvalue weighted by Gasteiger charge is -2.42. The quantitative estimate of drug-likeness (QED) is 0.895. The van der Waals surface area contributed by atoms with Crippen molar-refractivity contribution in [1.82, 2.24) is 9.80 Å². The number of hydrogen-bond donors (Lipinski definition) is 1. The number of likely N-dealkylation sites (N-methyl/N-ethyl adjacent to an activating group) is 1. The Bertz CT molecular complexity index is 435. The summed E-state index contributed by atoms with van der Waals surface area (Å²) < 4.78 is 0. The van der Waals surface area contributed by atoms with Crippen molar-refractivity contribution < 1.29 is 9.90 Å². The van der Waals surface area contributed by atoms with Gasteiger partial charge < -0.3 is 5.11 Å². The molecule has 2 rings (SSSR count). The van der Waals surface area contributed by atoms with Crippen LogP contribution in [0.5, 0.6) is 0 Å². The van der Waals surface area contributed by atoms with Crippen molar-refractivity contribution in [1.29, 1.82) is 0 Å². The maximum atomic E-state index is 11.2. The summed E-state index contributed by atoms with van der Waals surface area (Å²) in [7, 11) is 0. The van der Waals surface area contributed by atoms with Gasteiger partial charge in [-0.05, 0) is 19.0 Å². The second-order valence-electron chi connectivity index (χ2n) is 5.50. The van der Waals surface area contributed by atoms with Gasteiger partial charge in [-0.25, -0.2) is 0 Å². The lowest BCUT2D eigenvalue weighted by Crippen LogP contribution is -2.52. The molecule has 1 aromatic rings. The van der Waals surface area contributed by atoms with Crippen LogP contribution in [0.1, 0.15) is 31.9 Å². The van der Waals surface area contributed by atoms with Crippen LogP contribution < -0.4 is 0 Å². The average molecular weight is 276 g/mol. The van der Waals surface area contributed by atoms with Gasteiger partial charge in [0.15, 0.2) is 0 Å². The van der Waals surface area contributed by atoms with E-state index in [1.165, 1.54) is 0 Å². The van der Waals surface area contributed by atoms with E-state index >= 15 is 0 Å². The smallest absolute Gasteiger partial charge is 0.305 e. The Labute approximate surface area is 121 Å². The Morgan fingerprint density at radius 1 is 1.35 bits per heavy atom. The zero-order valence-corrected chi connectivity index (χ0v) is 12.3. The number of carboxylic acids is 1. The fourth-order valence-corrected chi connectivity index (χ4v) is 3.07. The highest BCUT2D eigenvalue weighted by Gasteiger charge is 2.29. The SMILES string of the molecule is CCN1CCN(C(CC(=O)O)c2ccccc2)CC1C. The first-order valence-corrected chi connectivity index (χ1v) is 7.36. The number of carbonyl (C=O) groups is 1. The van der Waals surface area contributed by atoms with Crippen molar-refractivity contribution in [3.05, 3.63) is 35.9 Å². The molecule has 0 radical (unpaired) electrons. The molecule has 1 aliphatic rings. The van der Waals surface area contributed by atoms with Crippen LogP contribution in [0.3, 0.4) is 0 Å². The molecule has 20 heavy (non-hydrogen) atoms. The molecule has 2 atom stereocenters. The number of carboxylic acid groups (broad SMARTS) is 1. The summed E-state index contributed by atoms with van der Waals surface area (Å²) >= 11 is 0. The first-order chi connectivity index (χ1) is 9.61. The van der Waals surface area contributed by atoms with Crippen LogP contribution in [-0.4, -0.2) is 53.1 Å². The summed E-state index contributed by atoms with van der Waals surface area (Å²) in [6.45, 7) is 8.34. The average Bonchev–Trinajstić information content (AvgIpc) is 2.45. The zero-order valence-electron chi connectivity index (χ0n) is 12.3. The third-order valence-electron chi connectivity index (χ3n) is 4.20. The minimum Gasteiger partial charge on any atom is -0.481 e. The van der Waals surface area contributed by atoms with Gasteiger partial charge in [-0.15, -0.1) is 0 Å². The second kappa shape index (κ2) is 6.86. The van der Waals surface area contributed by atoms with E-state index in [0.29, 0.717) is 6.04 Å². The maximum absolute atomic E-state index is 11.2. The van der Waals surface area contributed by atoms with Crippen LogP contribution in [0.15, 0.2) is 30.3 Å². The van der Waals surface area contributed by atoms with Crippen LogP contribution in [0.2, 0.25) is 0 Å². The van der Waals surface area contributed by atoms with E-state index in [4.69, 9.17) is 0 Å². The van der Waals surface area contributed by atoms with Gasteiger partial charge in [0.1, 0.15) is 0 Å². The Hall–Kier alpha value is -1.39. The molecular formula is C16H24N2O2. The highest BCUT2D eigenvalue weighted by molar-refractivity contribution is 5.68. The molecular weight excluding hydrogens is 252 g/mol. The lowest BCUT2D eigenvalue weighted by atomic mass is 10.00. The van der Waals surface area contributed by atoms with Crippen LogP contribution in [0, 0.1) is 0 Å². The highest BCUT2D eigenvalue weighted by Crippen LogP contribution is 2.26. The van der Waals surface area contributed by atoms with Crippen LogP contribution in [0.4, 0.5) is 0 Å². The van der Waals surface area contributed by atoms with E-state index in [1.54, 1.807) is 0 Å². The number of aliphatic carboxylic acids is 1. The van der Waals surface area contributed by atoms with Gasteiger partial charge in [-0.1, -0.05) is 37.3 Å². The van der Waals surface area contributed by atoms with Crippen molar-refractivity contribution in [2.45, 2.75) is 32.4 Å². The second-order valence-corrected chi connectivity index (χ2v) is 5.50. The first kappa shape index (κ1) is 15.0. The molecule has 1 aliphatic heterocycles. The molecule has 0 saturated carbocycles. The zero-order chi connectivity index (χ0) is 14.5. The van der Waals surface area contributed by atoms with Crippen molar-refractivity contribution >= 4 is 5.97 Å². The highest BCUT2D eigenvalue weighted by atomic mass is 16.4. The van der Waals surface area contributed by atoms with Crippen molar-refractivity contribution in [2.75, 3.05) is 26.2 Å². The molecule has 4 nitrogen and oxygen atoms in total. The van der Waals surface area contributed by atoms with E-state index < -0.39 is 5.97 Å². The molecule has 0 aliphatic carbocycles. The van der Waals surface area contributed by atoms with E-state index in [2.05, 4.69) is 23.6 Å². The van der Waals surface area contributed by atoms with Gasteiger partial charge in [-0.2, -0.15) is 0 Å². The van der Waals surface area contributed by atoms with E-state index in [0.717, 1.165) is 31.7 Å². The molecule has 0 spiro atoms. The fraction of sp³-hybridized carbons (Fsp3) is 0.562. The predicted octanol–water partition coefficient (Wildman–Crippen LogP) is 2.23. The summed E-state index contributed by atoms with van der Waals surface area (Å²) in [4.78, 5) is 16.0. The van der Waals surface area contributed by atoms with Gasteiger partial charge in [0, 0.05) is 31.7 Å². The summed E-state index contributed by atoms with van der Waals surface area (Å²) in [6, 6.07) is 10.5. The maximum Gasteiger partial charge on any atom is 0.305 e. The van der Waals surface area contributed by atoms with Crippen molar-refractivity contribution in [3.8, 4) is 0 Å². The molecule has 0 bridgehead atoms. The number of piperazine rings is 1. The summed E-state index contributed by atoms with van der Waals surface area (Å²) in [5.41, 5.74) is 1.10. The fourth-order valence-electron chi connectivity index (χ4n) is 3.07. The van der Waals surface area contributed by atoms with Crippen LogP contribution in [0.25, 0.3) is 0 Å². The van der Waals surface area contributed by atoms with Gasteiger partial charge in [0.05, 0.1) is 6.42 Å². The van der Waals surface area contributed by atoms with Crippen LogP contribution >= 0.6 is 0 Å². The largest absolute Gasteiger partial charge is 0.481 e. The molecule has 2 unspecified atom stereocenters. The summed E-state index contributed by atoms with van der Waals surface area (Å²) in [5, 5.41) is 9.20. The topological polar surface area (TPSA) is 43.8 Å². The molecule has 4 heteroatoms. The molecule has 0 aromatic heterocycles. The third kappa shape index (κ3) is 3.58. The molecule has 1 saturated heterocycles. The molecule has 1 heterocycles. The minimum atomic E-state index is -0.732. The number of rotatable bonds is 5. The van der Waals surface area contributed by atoms with Crippen molar-refractivity contribution in [2.24, 2.45) is 0 Å². The lowest BCUT2D eigenvalue weighted by molar-refractivity contribution is -0.138. The number of benzene rings is 1. The van der Waals surface area contributed by atoms with Gasteiger partial charge in [0.25, 0.3) is 0 Å². The normalized spacial score (nSPS) is 22.6. The monoisotopic (exact) mass is 276 g/mol. The van der Waals surface area contributed by atoms with Gasteiger partial charge >= 0.3 is 5.97 Å². The summed E-state index contributed by atoms with van der Waals surface area (Å²) in [6.07, 6.45) is 0.170. The molecule has 0 amide bonds. The van der Waals surface area contributed by atoms with Crippen LogP contribution in [-0.2, 0) is 4.79 Å². The van der Waals surface area contributed by atoms with E-state index in [-0.39, 0.29) is 12.5 Å². The van der Waals surface area contributed by atoms with Gasteiger partial charge in [0.2, 0.25) is 0 Å².